The fourth-order valence-electron chi connectivity index (χ4n) is 2.31. The number of H-pyrrole nitrogens is 1. The molecule has 2 N–H and O–H groups in total. The van der Waals surface area contributed by atoms with E-state index in [0.717, 1.165) is 17.0 Å². The average Bonchev–Trinajstić information content (AvgIpc) is 2.89. The average molecular weight is 281 g/mol. The first kappa shape index (κ1) is 13.5. The molecule has 0 aliphatic rings. The fraction of sp³-hybridized carbons (Fsp3) is 0.312. The molecule has 0 fully saturated rings. The van der Waals surface area contributed by atoms with Crippen molar-refractivity contribution in [2.75, 3.05) is 0 Å². The number of aromatic amines is 1. The third kappa shape index (κ3) is 2.35. The normalized spacial score (nSPS) is 12.0. The van der Waals surface area contributed by atoms with Crippen LogP contribution in [-0.4, -0.2) is 19.5 Å². The number of rotatable bonds is 1. The van der Waals surface area contributed by atoms with E-state index in [0.29, 0.717) is 5.52 Å². The number of hydrogen-bond acceptors (Lipinski definition) is 3. The lowest BCUT2D eigenvalue weighted by atomic mass is 9.87. The molecule has 0 saturated carbocycles. The molecule has 0 saturated heterocycles. The highest BCUT2D eigenvalue weighted by Gasteiger charge is 2.14. The van der Waals surface area contributed by atoms with Gasteiger partial charge in [0.15, 0.2) is 11.1 Å². The van der Waals surface area contributed by atoms with E-state index in [-0.39, 0.29) is 10.9 Å². The first-order valence-corrected chi connectivity index (χ1v) is 6.93. The third-order valence-corrected chi connectivity index (χ3v) is 3.64. The molecular formula is C16H19N5. The summed E-state index contributed by atoms with van der Waals surface area (Å²) in [7, 11) is 1.88. The quantitative estimate of drug-likeness (QED) is 0.720. The van der Waals surface area contributed by atoms with Crippen LogP contribution in [-0.2, 0) is 12.5 Å². The molecule has 3 rings (SSSR count). The van der Waals surface area contributed by atoms with Crippen molar-refractivity contribution in [2.24, 2.45) is 7.05 Å². The van der Waals surface area contributed by atoms with E-state index in [2.05, 4.69) is 60.0 Å². The van der Waals surface area contributed by atoms with Crippen molar-refractivity contribution < 1.29 is 0 Å². The summed E-state index contributed by atoms with van der Waals surface area (Å²) < 4.78 is 1.82. The molecule has 0 radical (unpaired) electrons. The van der Waals surface area contributed by atoms with Crippen molar-refractivity contribution in [3.63, 3.8) is 0 Å². The predicted molar refractivity (Wildman–Crippen MR) is 82.9 cm³/mol. The number of hydrogen-bond donors (Lipinski definition) is 2. The zero-order valence-corrected chi connectivity index (χ0v) is 12.7. The summed E-state index contributed by atoms with van der Waals surface area (Å²) in [6.07, 6.45) is 1.61. The minimum atomic E-state index is 0.136. The Morgan fingerprint density at radius 1 is 1.14 bits per heavy atom. The first-order valence-electron chi connectivity index (χ1n) is 6.93. The van der Waals surface area contributed by atoms with E-state index >= 15 is 0 Å². The zero-order valence-electron chi connectivity index (χ0n) is 12.7. The van der Waals surface area contributed by atoms with Crippen molar-refractivity contribution in [3.05, 3.63) is 41.6 Å². The number of nitrogens with zero attached hydrogens (tertiary/aromatic N) is 3. The number of aryl methyl sites for hydroxylation is 1. The van der Waals surface area contributed by atoms with Crippen LogP contribution in [0, 0.1) is 5.41 Å². The molecule has 0 bridgehead atoms. The van der Waals surface area contributed by atoms with Gasteiger partial charge in [0, 0.05) is 12.6 Å². The molecule has 108 valence electrons. The van der Waals surface area contributed by atoms with Crippen molar-refractivity contribution in [2.45, 2.75) is 26.2 Å². The van der Waals surface area contributed by atoms with E-state index in [9.17, 15) is 0 Å². The molecule has 1 aromatic carbocycles. The Hall–Kier alpha value is -2.43. The fourth-order valence-corrected chi connectivity index (χ4v) is 2.31. The second-order valence-electron chi connectivity index (χ2n) is 6.32. The minimum absolute atomic E-state index is 0.136. The van der Waals surface area contributed by atoms with Crippen LogP contribution < -0.4 is 5.49 Å². The molecule has 21 heavy (non-hydrogen) atoms. The smallest absolute Gasteiger partial charge is 0.173 e. The van der Waals surface area contributed by atoms with Crippen LogP contribution >= 0.6 is 0 Å². The Morgan fingerprint density at radius 2 is 1.81 bits per heavy atom. The largest absolute Gasteiger partial charge is 0.334 e. The summed E-state index contributed by atoms with van der Waals surface area (Å²) in [6, 6.07) is 8.38. The van der Waals surface area contributed by atoms with Gasteiger partial charge in [0.05, 0.1) is 6.33 Å². The molecule has 3 aromatic rings. The van der Waals surface area contributed by atoms with Gasteiger partial charge in [-0.05, 0) is 11.0 Å². The molecule has 2 heterocycles. The highest BCUT2D eigenvalue weighted by Crippen LogP contribution is 2.25. The molecule has 5 nitrogen and oxygen atoms in total. The SMILES string of the molecule is Cn1cnc(=N)c2[nH]c(-c3ccc(C(C)(C)C)cc3)nc21. The maximum Gasteiger partial charge on any atom is 0.173 e. The predicted octanol–water partition coefficient (Wildman–Crippen LogP) is 2.74. The Balaban J connectivity index is 2.11. The number of imidazole rings is 1. The monoisotopic (exact) mass is 281 g/mol. The van der Waals surface area contributed by atoms with Gasteiger partial charge in [-0.3, -0.25) is 5.41 Å². The molecule has 0 unspecified atom stereocenters. The minimum Gasteiger partial charge on any atom is -0.334 e. The Kier molecular flexibility index (Phi) is 2.93. The maximum atomic E-state index is 7.86. The molecule has 2 aromatic heterocycles. The van der Waals surface area contributed by atoms with Crippen LogP contribution in [0.5, 0.6) is 0 Å². The maximum absolute atomic E-state index is 7.86. The van der Waals surface area contributed by atoms with Gasteiger partial charge >= 0.3 is 0 Å². The van der Waals surface area contributed by atoms with Crippen LogP contribution in [0.25, 0.3) is 22.6 Å². The van der Waals surface area contributed by atoms with Crippen molar-refractivity contribution >= 4 is 11.2 Å². The van der Waals surface area contributed by atoms with Gasteiger partial charge in [-0.1, -0.05) is 45.0 Å². The molecular weight excluding hydrogens is 262 g/mol. The van der Waals surface area contributed by atoms with Crippen LogP contribution in [0.1, 0.15) is 26.3 Å². The van der Waals surface area contributed by atoms with Crippen LogP contribution in [0.15, 0.2) is 30.6 Å². The third-order valence-electron chi connectivity index (χ3n) is 3.64. The molecule has 0 aliphatic carbocycles. The topological polar surface area (TPSA) is 70.3 Å². The summed E-state index contributed by atoms with van der Waals surface area (Å²) in [6.45, 7) is 6.59. The van der Waals surface area contributed by atoms with E-state index < -0.39 is 0 Å². The van der Waals surface area contributed by atoms with Crippen molar-refractivity contribution in [1.82, 2.24) is 19.5 Å². The highest BCUT2D eigenvalue weighted by molar-refractivity contribution is 5.75. The summed E-state index contributed by atoms with van der Waals surface area (Å²) in [5.74, 6) is 0.766. The Morgan fingerprint density at radius 3 is 2.38 bits per heavy atom. The highest BCUT2D eigenvalue weighted by atomic mass is 15.1. The second-order valence-corrected chi connectivity index (χ2v) is 6.32. The molecule has 5 heteroatoms. The number of benzene rings is 1. The summed E-state index contributed by atoms with van der Waals surface area (Å²) in [5, 5.41) is 7.86. The molecule has 0 aliphatic heterocycles. The first-order chi connectivity index (χ1) is 9.86. The van der Waals surface area contributed by atoms with Gasteiger partial charge in [0.25, 0.3) is 0 Å². The summed E-state index contributed by atoms with van der Waals surface area (Å²) >= 11 is 0. The van der Waals surface area contributed by atoms with Crippen LogP contribution in [0.2, 0.25) is 0 Å². The Labute approximate surface area is 123 Å². The van der Waals surface area contributed by atoms with Gasteiger partial charge in [0.1, 0.15) is 11.3 Å². The van der Waals surface area contributed by atoms with Gasteiger partial charge in [0.2, 0.25) is 0 Å². The van der Waals surface area contributed by atoms with Crippen molar-refractivity contribution in [3.8, 4) is 11.4 Å². The van der Waals surface area contributed by atoms with Gasteiger partial charge in [-0.15, -0.1) is 0 Å². The number of fused-ring (bicyclic) bond motifs is 1. The van der Waals surface area contributed by atoms with E-state index in [4.69, 9.17) is 5.41 Å². The van der Waals surface area contributed by atoms with Crippen molar-refractivity contribution in [1.29, 1.82) is 5.41 Å². The standard InChI is InChI=1S/C16H19N5/c1-16(2,3)11-7-5-10(6-8-11)14-19-12-13(17)18-9-21(4)15(12)20-14/h5-9,17H,1-4H3,(H,19,20). The van der Waals surface area contributed by atoms with Gasteiger partial charge in [-0.2, -0.15) is 0 Å². The Bertz CT molecular complexity index is 847. The second kappa shape index (κ2) is 4.55. The van der Waals surface area contributed by atoms with E-state index in [1.807, 2.05) is 11.6 Å². The molecule has 0 atom stereocenters. The number of nitrogens with one attached hydrogen (secondary N) is 2. The lowest BCUT2D eigenvalue weighted by Crippen LogP contribution is -2.10. The van der Waals surface area contributed by atoms with E-state index in [1.54, 1.807) is 6.33 Å². The molecule has 0 spiro atoms. The van der Waals surface area contributed by atoms with Gasteiger partial charge in [-0.25, -0.2) is 9.97 Å². The zero-order chi connectivity index (χ0) is 15.2. The van der Waals surface area contributed by atoms with Crippen LogP contribution in [0.3, 0.4) is 0 Å². The summed E-state index contributed by atoms with van der Waals surface area (Å²) in [5.41, 5.74) is 4.05. The van der Waals surface area contributed by atoms with Gasteiger partial charge < -0.3 is 9.55 Å². The van der Waals surface area contributed by atoms with Crippen LogP contribution in [0.4, 0.5) is 0 Å². The number of aromatic nitrogens is 4. The lowest BCUT2D eigenvalue weighted by Gasteiger charge is -2.18. The van der Waals surface area contributed by atoms with E-state index in [1.165, 1.54) is 5.56 Å². The molecule has 0 amide bonds. The summed E-state index contributed by atoms with van der Waals surface area (Å²) in [4.78, 5) is 11.8. The lowest BCUT2D eigenvalue weighted by molar-refractivity contribution is 0.590.